The smallest absolute Gasteiger partial charge is 0.325 e. The summed E-state index contributed by atoms with van der Waals surface area (Å²) in [5.41, 5.74) is 27.9. The molecule has 15 amide bonds. The Hall–Kier alpha value is -10.9. The summed E-state index contributed by atoms with van der Waals surface area (Å²) >= 11 is 0. The van der Waals surface area contributed by atoms with E-state index in [-0.39, 0.29) is 94.1 Å². The van der Waals surface area contributed by atoms with Gasteiger partial charge in [0.15, 0.2) is 5.96 Å². The average molecular weight is 1640 g/mol. The quantitative estimate of drug-likeness (QED) is 0.0153. The number of rotatable bonds is 58. The Labute approximate surface area is 667 Å². The van der Waals surface area contributed by atoms with Crippen LogP contribution in [0.2, 0.25) is 0 Å². The fourth-order valence-corrected chi connectivity index (χ4v) is 11.0. The number of guanidine groups is 1. The van der Waals surface area contributed by atoms with Gasteiger partial charge in [-0.1, -0.05) is 69.2 Å². The minimum Gasteiger partial charge on any atom is -0.481 e. The molecule has 44 heteroatoms. The number of unbranched alkanes of at least 4 members (excludes halogenated alkanes) is 1. The fourth-order valence-electron chi connectivity index (χ4n) is 11.0. The number of aliphatic hydroxyl groups is 1. The van der Waals surface area contributed by atoms with Crippen LogP contribution in [0.4, 0.5) is 0 Å². The van der Waals surface area contributed by atoms with Gasteiger partial charge in [-0.25, -0.2) is 0 Å². The van der Waals surface area contributed by atoms with E-state index >= 15 is 0 Å². The van der Waals surface area contributed by atoms with Crippen LogP contribution in [0.25, 0.3) is 0 Å². The van der Waals surface area contributed by atoms with E-state index in [1.54, 1.807) is 69.2 Å². The topological polar surface area (TPSA) is 736 Å². The Kier molecular flexibility index (Phi) is 48.8. The third-order valence-corrected chi connectivity index (χ3v) is 17.1. The summed E-state index contributed by atoms with van der Waals surface area (Å²) in [6.45, 7) is 17.3. The predicted molar refractivity (Wildman–Crippen MR) is 412 cm³/mol. The maximum absolute atomic E-state index is 14.3. The number of nitrogens with zero attached hydrogens (tertiary/aromatic N) is 1. The van der Waals surface area contributed by atoms with Crippen LogP contribution in [0.1, 0.15) is 186 Å². The molecule has 0 aliphatic carbocycles. The molecular weight excluding hydrogens is 1520 g/mol. The van der Waals surface area contributed by atoms with Crippen molar-refractivity contribution in [2.24, 2.45) is 63.3 Å². The first kappa shape index (κ1) is 104. The molecule has 0 saturated heterocycles. The van der Waals surface area contributed by atoms with Crippen LogP contribution in [0.3, 0.4) is 0 Å². The van der Waals surface area contributed by atoms with Crippen LogP contribution in [0.5, 0.6) is 0 Å². The van der Waals surface area contributed by atoms with Crippen LogP contribution in [-0.4, -0.2) is 255 Å². The van der Waals surface area contributed by atoms with Crippen LogP contribution >= 0.6 is 0 Å². The van der Waals surface area contributed by atoms with Gasteiger partial charge in [0, 0.05) is 25.8 Å². The number of aliphatic hydroxyl groups excluding tert-OH is 1. The number of carbonyl (C=O) groups excluding carboxylic acids is 15. The lowest BCUT2D eigenvalue weighted by atomic mass is 9.98. The Morgan fingerprint density at radius 1 is 0.348 bits per heavy atom. The number of primary amides is 1. The minimum absolute atomic E-state index is 0.0851. The molecule has 44 nitrogen and oxygen atoms in total. The largest absolute Gasteiger partial charge is 0.481 e. The highest BCUT2D eigenvalue weighted by atomic mass is 16.4. The van der Waals surface area contributed by atoms with Crippen LogP contribution in [0, 0.1) is 29.6 Å². The van der Waals surface area contributed by atoms with Gasteiger partial charge >= 0.3 is 23.9 Å². The number of amides is 15. The standard InChI is InChI=1S/C71H124N20O24/c1-33(2)26-45(86-62(106)44(20-23-54(97)98)84-69(113)56(37(9)10)91-67(111)48(29-36(7)8)85-58(102)40(73)16-15-25-77-71(75)76)63(107)79-38(11)57(101)78-31-52(94)81-42(18-21-51(74)93)61(105)90-50(32-92)68(112)88-47(28-35(5)6)65(109)87-46(27-34(3)4)64(108)82-41(17-13-14-24-72)60(104)89-49(30-55(99)100)66(110)83-43(19-22-53(95)96)59(103)80-39(12)70(114)115/h33-50,56,92H,13-32,72-73H2,1-12H3,(H2,74,93)(H,78,101)(H,79,107)(H,80,103)(H,81,94)(H,82,108)(H,83,110)(H,84,113)(H,85,102)(H,86,106)(H,87,109)(H,88,112)(H,89,104)(H,90,105)(H,91,111)(H,95,96)(H,97,98)(H,99,100)(H,114,115)(H4,75,76,77)/t38-,39-,40-,41-,42-,43-,44-,45-,46-,47-,48-,49-,50-,56-/m0/s1. The molecule has 0 aliphatic heterocycles. The third-order valence-electron chi connectivity index (χ3n) is 17.1. The first-order valence-corrected chi connectivity index (χ1v) is 38.0. The average Bonchev–Trinajstić information content (AvgIpc) is 0.855. The first-order valence-electron chi connectivity index (χ1n) is 38.0. The van der Waals surface area contributed by atoms with Crippen LogP contribution < -0.4 is 103 Å². The van der Waals surface area contributed by atoms with Gasteiger partial charge in [0.05, 0.1) is 25.6 Å². The Balaban J connectivity index is 6.64. The maximum Gasteiger partial charge on any atom is 0.325 e. The SMILES string of the molecule is CC(C)C[C@H](NC(=O)[C@H](CCC(=O)O)NC(=O)[C@@H](NC(=O)[C@H](CC(C)C)NC(=O)[C@@H](N)CCCN=C(N)N)C(C)C)C(=O)N[C@@H](C)C(=O)NCC(=O)N[C@@H](CCC(N)=O)C(=O)N[C@@H](CO)C(=O)N[C@@H](CC(C)C)C(=O)N[C@@H](CC(C)C)C(=O)N[C@@H](CCCCN)C(=O)N[C@@H](CC(=O)O)C(=O)N[C@@H](CCC(=O)O)C(=O)N[C@@H](C)C(=O)O. The van der Waals surface area contributed by atoms with E-state index in [0.29, 0.717) is 6.42 Å². The lowest BCUT2D eigenvalue weighted by molar-refractivity contribution is -0.143. The van der Waals surface area contributed by atoms with E-state index in [1.807, 2.05) is 0 Å². The highest BCUT2D eigenvalue weighted by Gasteiger charge is 2.39. The summed E-state index contributed by atoms with van der Waals surface area (Å²) in [6, 6.07) is -21.6. The van der Waals surface area contributed by atoms with Crippen molar-refractivity contribution in [1.82, 2.24) is 74.4 Å². The van der Waals surface area contributed by atoms with Crippen molar-refractivity contribution in [3.63, 3.8) is 0 Å². The number of hydrogen-bond donors (Lipinski definition) is 24. The molecule has 0 radical (unpaired) electrons. The molecule has 0 saturated carbocycles. The molecule has 652 valence electrons. The molecule has 0 spiro atoms. The van der Waals surface area contributed by atoms with E-state index in [2.05, 4.69) is 79.4 Å². The molecule has 0 rings (SSSR count). The zero-order chi connectivity index (χ0) is 88.3. The van der Waals surface area contributed by atoms with Gasteiger partial charge in [-0.05, 0) is 127 Å². The van der Waals surface area contributed by atoms with Crippen molar-refractivity contribution < 1.29 is 117 Å². The monoisotopic (exact) mass is 1640 g/mol. The molecule has 0 aromatic carbocycles. The zero-order valence-corrected chi connectivity index (χ0v) is 67.4. The van der Waals surface area contributed by atoms with Crippen molar-refractivity contribution in [2.75, 3.05) is 26.2 Å². The van der Waals surface area contributed by atoms with Gasteiger partial charge in [-0.2, -0.15) is 0 Å². The number of carboxylic acids is 4. The molecule has 0 aromatic rings. The minimum atomic E-state index is -1.99. The van der Waals surface area contributed by atoms with Gasteiger partial charge in [0.1, 0.15) is 78.5 Å². The third kappa shape index (κ3) is 43.8. The highest BCUT2D eigenvalue weighted by Crippen LogP contribution is 2.16. The van der Waals surface area contributed by atoms with Crippen molar-refractivity contribution >= 4 is 118 Å². The van der Waals surface area contributed by atoms with Gasteiger partial charge in [0.25, 0.3) is 0 Å². The van der Waals surface area contributed by atoms with Crippen LogP contribution in [-0.2, 0) is 91.1 Å². The van der Waals surface area contributed by atoms with Crippen LogP contribution in [0.15, 0.2) is 4.99 Å². The van der Waals surface area contributed by atoms with Crippen molar-refractivity contribution in [3.8, 4) is 0 Å². The molecule has 0 bridgehead atoms. The molecule has 0 fully saturated rings. The number of carboxylic acid groups (broad SMARTS) is 4. The maximum atomic E-state index is 14.3. The molecule has 0 aliphatic rings. The van der Waals surface area contributed by atoms with E-state index in [4.69, 9.17) is 28.7 Å². The van der Waals surface area contributed by atoms with E-state index in [9.17, 15) is 117 Å². The van der Waals surface area contributed by atoms with Crippen molar-refractivity contribution in [2.45, 2.75) is 270 Å². The summed E-state index contributed by atoms with van der Waals surface area (Å²) in [5, 5.41) is 81.8. The number of nitrogens with two attached hydrogens (primary N) is 5. The number of hydrogen-bond acceptors (Lipinski definition) is 23. The summed E-state index contributed by atoms with van der Waals surface area (Å²) in [7, 11) is 0. The number of aliphatic imine (C=N–C) groups is 1. The van der Waals surface area contributed by atoms with Gasteiger partial charge in [-0.15, -0.1) is 0 Å². The van der Waals surface area contributed by atoms with Gasteiger partial charge in [-0.3, -0.25) is 96.1 Å². The van der Waals surface area contributed by atoms with E-state index < -0.39 is 261 Å². The van der Waals surface area contributed by atoms with Gasteiger partial charge in [0.2, 0.25) is 88.6 Å². The summed E-state index contributed by atoms with van der Waals surface area (Å²) in [5.74, 6) is -23.3. The highest BCUT2D eigenvalue weighted by molar-refractivity contribution is 6.01. The summed E-state index contributed by atoms with van der Waals surface area (Å²) < 4.78 is 0. The summed E-state index contributed by atoms with van der Waals surface area (Å²) in [4.78, 5) is 256. The molecule has 29 N–H and O–H groups in total. The lowest BCUT2D eigenvalue weighted by Crippen LogP contribution is -2.61. The second-order valence-electron chi connectivity index (χ2n) is 29.9. The molecule has 0 heterocycles. The molecule has 0 unspecified atom stereocenters. The van der Waals surface area contributed by atoms with Gasteiger partial charge < -0.3 is 129 Å². The fraction of sp³-hybridized carbons (Fsp3) is 0.718. The molecule has 115 heavy (non-hydrogen) atoms. The van der Waals surface area contributed by atoms with Crippen molar-refractivity contribution in [3.05, 3.63) is 0 Å². The number of aliphatic carboxylic acids is 4. The Bertz CT molecular complexity index is 3350. The predicted octanol–water partition coefficient (Wildman–Crippen LogP) is -6.66. The lowest BCUT2D eigenvalue weighted by Gasteiger charge is -2.29. The number of nitrogens with one attached hydrogen (secondary N) is 14. The zero-order valence-electron chi connectivity index (χ0n) is 67.4. The second kappa shape index (κ2) is 54.0. The van der Waals surface area contributed by atoms with Crippen molar-refractivity contribution in [1.29, 1.82) is 0 Å². The second-order valence-corrected chi connectivity index (χ2v) is 29.9. The molecule has 0 aromatic heterocycles. The van der Waals surface area contributed by atoms with E-state index in [1.165, 1.54) is 6.92 Å². The Morgan fingerprint density at radius 3 is 1.10 bits per heavy atom. The number of carbonyl (C=O) groups is 19. The molecule has 14 atom stereocenters. The summed E-state index contributed by atoms with van der Waals surface area (Å²) in [6.07, 6.45) is -4.16. The van der Waals surface area contributed by atoms with E-state index in [0.717, 1.165) is 6.92 Å². The normalized spacial score (nSPS) is 14.9. The Morgan fingerprint density at radius 2 is 0.696 bits per heavy atom. The molecular formula is C71H124N20O24. The first-order chi connectivity index (χ1) is 53.5.